The lowest BCUT2D eigenvalue weighted by Crippen LogP contribution is -2.37. The lowest BCUT2D eigenvalue weighted by molar-refractivity contribution is 0.103. The van der Waals surface area contributed by atoms with E-state index in [4.69, 9.17) is 23.2 Å². The SMILES string of the molecule is O=C1c2c(Cl)cccc2C(c2cccs2)(c2cccs2)c2cccc(Cl)c21. The van der Waals surface area contributed by atoms with Crippen LogP contribution in [0.15, 0.2) is 71.4 Å². The standard InChI is InChI=1S/C22H12Cl2OS2/c23-15-7-1-5-13-19(15)21(25)20-14(6-2-8-16(20)24)22(13,17-9-3-11-26-17)18-10-4-12-27-18/h1-12H. The van der Waals surface area contributed by atoms with Crippen LogP contribution in [0.1, 0.15) is 36.8 Å². The summed E-state index contributed by atoms with van der Waals surface area (Å²) in [7, 11) is 0. The summed E-state index contributed by atoms with van der Waals surface area (Å²) in [6, 6.07) is 19.7. The fourth-order valence-electron chi connectivity index (χ4n) is 4.04. The Kier molecular flexibility index (Phi) is 4.03. The molecule has 1 aliphatic carbocycles. The normalized spacial score (nSPS) is 14.7. The molecule has 1 nitrogen and oxygen atoms in total. The van der Waals surface area contributed by atoms with Crippen molar-refractivity contribution >= 4 is 51.7 Å². The lowest BCUT2D eigenvalue weighted by atomic mass is 9.64. The number of thiophene rings is 2. The van der Waals surface area contributed by atoms with Crippen LogP contribution in [0.5, 0.6) is 0 Å². The van der Waals surface area contributed by atoms with Crippen molar-refractivity contribution in [2.45, 2.75) is 5.41 Å². The second-order valence-electron chi connectivity index (χ2n) is 6.36. The summed E-state index contributed by atoms with van der Waals surface area (Å²) in [4.78, 5) is 15.7. The maximum absolute atomic E-state index is 13.4. The first-order valence-corrected chi connectivity index (χ1v) is 10.9. The highest BCUT2D eigenvalue weighted by Crippen LogP contribution is 2.54. The molecule has 5 rings (SSSR count). The Morgan fingerprint density at radius 1 is 0.667 bits per heavy atom. The number of rotatable bonds is 2. The van der Waals surface area contributed by atoms with Crippen LogP contribution in [-0.2, 0) is 5.41 Å². The van der Waals surface area contributed by atoms with Crippen LogP contribution in [0.3, 0.4) is 0 Å². The molecule has 0 radical (unpaired) electrons. The largest absolute Gasteiger partial charge is 0.288 e. The first-order chi connectivity index (χ1) is 13.2. The Balaban J connectivity index is 2.04. The monoisotopic (exact) mass is 426 g/mol. The van der Waals surface area contributed by atoms with Crippen LogP contribution < -0.4 is 0 Å². The number of hydrogen-bond acceptors (Lipinski definition) is 3. The third-order valence-corrected chi connectivity index (χ3v) is 7.68. The maximum Gasteiger partial charge on any atom is 0.196 e. The molecule has 132 valence electrons. The van der Waals surface area contributed by atoms with Crippen molar-refractivity contribution in [3.63, 3.8) is 0 Å². The molecule has 0 aliphatic heterocycles. The zero-order chi connectivity index (χ0) is 18.6. The van der Waals surface area contributed by atoms with Gasteiger partial charge < -0.3 is 0 Å². The summed E-state index contributed by atoms with van der Waals surface area (Å²) >= 11 is 16.4. The molecule has 27 heavy (non-hydrogen) atoms. The molecule has 0 amide bonds. The average molecular weight is 427 g/mol. The summed E-state index contributed by atoms with van der Waals surface area (Å²) in [5, 5.41) is 5.05. The van der Waals surface area contributed by atoms with E-state index in [0.29, 0.717) is 21.2 Å². The molecule has 0 N–H and O–H groups in total. The Hall–Kier alpha value is -1.91. The van der Waals surface area contributed by atoms with E-state index in [9.17, 15) is 4.79 Å². The third kappa shape index (κ3) is 2.26. The van der Waals surface area contributed by atoms with Crippen molar-refractivity contribution in [1.82, 2.24) is 0 Å². The van der Waals surface area contributed by atoms with Gasteiger partial charge in [-0.15, -0.1) is 22.7 Å². The van der Waals surface area contributed by atoms with Gasteiger partial charge in [0.1, 0.15) is 0 Å². The smallest absolute Gasteiger partial charge is 0.196 e. The van der Waals surface area contributed by atoms with Gasteiger partial charge in [0.15, 0.2) is 5.78 Å². The number of halogens is 2. The molecule has 2 heterocycles. The molecular weight excluding hydrogens is 415 g/mol. The lowest BCUT2D eigenvalue weighted by Gasteiger charge is -2.40. The minimum atomic E-state index is -0.600. The predicted octanol–water partition coefficient (Wildman–Crippen LogP) is 7.04. The van der Waals surface area contributed by atoms with Crippen LogP contribution in [0.4, 0.5) is 0 Å². The highest BCUT2D eigenvalue weighted by molar-refractivity contribution is 7.12. The second-order valence-corrected chi connectivity index (χ2v) is 9.07. The van der Waals surface area contributed by atoms with Gasteiger partial charge in [-0.25, -0.2) is 0 Å². The highest BCUT2D eigenvalue weighted by Gasteiger charge is 2.49. The molecule has 0 spiro atoms. The summed E-state index contributed by atoms with van der Waals surface area (Å²) in [6.45, 7) is 0. The van der Waals surface area contributed by atoms with Crippen molar-refractivity contribution < 1.29 is 4.79 Å². The van der Waals surface area contributed by atoms with E-state index in [0.717, 1.165) is 20.9 Å². The van der Waals surface area contributed by atoms with Gasteiger partial charge >= 0.3 is 0 Å². The summed E-state index contributed by atoms with van der Waals surface area (Å²) < 4.78 is 0. The molecule has 0 saturated carbocycles. The number of benzene rings is 2. The topological polar surface area (TPSA) is 17.1 Å². The van der Waals surface area contributed by atoms with Gasteiger partial charge in [-0.3, -0.25) is 4.79 Å². The number of carbonyl (C=O) groups excluding carboxylic acids is 1. The van der Waals surface area contributed by atoms with Gasteiger partial charge in [0.2, 0.25) is 0 Å². The van der Waals surface area contributed by atoms with Gasteiger partial charge in [-0.2, -0.15) is 0 Å². The molecule has 2 aromatic carbocycles. The quantitative estimate of drug-likeness (QED) is 0.295. The molecule has 0 unspecified atom stereocenters. The van der Waals surface area contributed by atoms with Crippen molar-refractivity contribution in [3.8, 4) is 0 Å². The summed E-state index contributed by atoms with van der Waals surface area (Å²) in [5.74, 6) is -0.111. The second kappa shape index (κ2) is 6.32. The third-order valence-electron chi connectivity index (χ3n) is 5.07. The van der Waals surface area contributed by atoms with Crippen molar-refractivity contribution in [3.05, 3.63) is 113 Å². The number of fused-ring (bicyclic) bond motifs is 2. The Bertz CT molecular complexity index is 1070. The fourth-order valence-corrected chi connectivity index (χ4v) is 6.56. The van der Waals surface area contributed by atoms with E-state index in [1.54, 1.807) is 34.8 Å². The van der Waals surface area contributed by atoms with Crippen LogP contribution in [-0.4, -0.2) is 5.78 Å². The number of hydrogen-bond donors (Lipinski definition) is 0. The minimum absolute atomic E-state index is 0.111. The molecule has 1 aliphatic rings. The van der Waals surface area contributed by atoms with Crippen molar-refractivity contribution in [1.29, 1.82) is 0 Å². The van der Waals surface area contributed by atoms with Crippen LogP contribution >= 0.6 is 45.9 Å². The molecule has 4 aromatic rings. The Morgan fingerprint density at radius 3 is 1.56 bits per heavy atom. The molecule has 0 atom stereocenters. The Labute approximate surface area is 174 Å². The summed E-state index contributed by atoms with van der Waals surface area (Å²) in [6.07, 6.45) is 0. The van der Waals surface area contributed by atoms with E-state index in [-0.39, 0.29) is 5.78 Å². The van der Waals surface area contributed by atoms with E-state index < -0.39 is 5.41 Å². The first kappa shape index (κ1) is 17.2. The molecule has 0 bridgehead atoms. The van der Waals surface area contributed by atoms with Crippen LogP contribution in [0, 0.1) is 0 Å². The van der Waals surface area contributed by atoms with Crippen LogP contribution in [0.2, 0.25) is 10.0 Å². The first-order valence-electron chi connectivity index (χ1n) is 8.36. The van der Waals surface area contributed by atoms with Crippen molar-refractivity contribution in [2.24, 2.45) is 0 Å². The predicted molar refractivity (Wildman–Crippen MR) is 114 cm³/mol. The zero-order valence-electron chi connectivity index (χ0n) is 13.9. The molecule has 2 aromatic heterocycles. The fraction of sp³-hybridized carbons (Fsp3) is 0.0455. The molecular formula is C22H12Cl2OS2. The van der Waals surface area contributed by atoms with Gasteiger partial charge in [-0.05, 0) is 46.2 Å². The molecule has 0 saturated heterocycles. The average Bonchev–Trinajstić information content (AvgIpc) is 3.37. The molecule has 5 heteroatoms. The number of carbonyl (C=O) groups is 1. The number of ketones is 1. The highest BCUT2D eigenvalue weighted by atomic mass is 35.5. The van der Waals surface area contributed by atoms with Crippen molar-refractivity contribution in [2.75, 3.05) is 0 Å². The van der Waals surface area contributed by atoms with E-state index >= 15 is 0 Å². The van der Waals surface area contributed by atoms with E-state index in [2.05, 4.69) is 22.9 Å². The van der Waals surface area contributed by atoms with Gasteiger partial charge in [0.25, 0.3) is 0 Å². The molecule has 0 fully saturated rings. The Morgan fingerprint density at radius 2 is 1.15 bits per heavy atom. The van der Waals surface area contributed by atoms with Crippen LogP contribution in [0.25, 0.3) is 0 Å². The van der Waals surface area contributed by atoms with Gasteiger partial charge in [0.05, 0.1) is 15.5 Å². The maximum atomic E-state index is 13.4. The van der Waals surface area contributed by atoms with E-state index in [1.807, 2.05) is 36.4 Å². The minimum Gasteiger partial charge on any atom is -0.288 e. The van der Waals surface area contributed by atoms with Gasteiger partial charge in [0, 0.05) is 20.9 Å². The summed E-state index contributed by atoms with van der Waals surface area (Å²) in [5.41, 5.74) is 2.32. The zero-order valence-corrected chi connectivity index (χ0v) is 17.1. The van der Waals surface area contributed by atoms with E-state index in [1.165, 1.54) is 0 Å². The van der Waals surface area contributed by atoms with Gasteiger partial charge in [-0.1, -0.05) is 59.6 Å².